The van der Waals surface area contributed by atoms with Crippen molar-refractivity contribution >= 4 is 12.0 Å². The molecular weight excluding hydrogens is 280 g/mol. The van der Waals surface area contributed by atoms with E-state index in [-0.39, 0.29) is 12.6 Å². The largest absolute Gasteiger partial charge is 0.458 e. The van der Waals surface area contributed by atoms with Crippen LogP contribution in [0.15, 0.2) is 47.7 Å². The number of ether oxygens (including phenoxy) is 1. The lowest BCUT2D eigenvalue weighted by atomic mass is 9.95. The van der Waals surface area contributed by atoms with Crippen LogP contribution in [0.4, 0.5) is 4.79 Å². The Bertz CT molecular complexity index is 630. The van der Waals surface area contributed by atoms with Crippen molar-refractivity contribution in [3.8, 4) is 0 Å². The van der Waals surface area contributed by atoms with Crippen molar-refractivity contribution in [3.63, 3.8) is 0 Å². The number of allylic oxidation sites excluding steroid dienone is 2. The zero-order chi connectivity index (χ0) is 16.1. The van der Waals surface area contributed by atoms with Gasteiger partial charge in [0, 0.05) is 5.70 Å². The smallest absolute Gasteiger partial charge is 0.338 e. The first-order chi connectivity index (χ1) is 10.5. The van der Waals surface area contributed by atoms with Crippen molar-refractivity contribution in [2.45, 2.75) is 26.8 Å². The highest BCUT2D eigenvalue weighted by atomic mass is 16.5. The van der Waals surface area contributed by atoms with Crippen LogP contribution in [0, 0.1) is 6.92 Å². The summed E-state index contributed by atoms with van der Waals surface area (Å²) >= 11 is 0. The predicted octanol–water partition coefficient (Wildman–Crippen LogP) is 2.74. The maximum Gasteiger partial charge on any atom is 0.338 e. The molecule has 0 fully saturated rings. The molecule has 1 aromatic carbocycles. The minimum Gasteiger partial charge on any atom is -0.458 e. The first kappa shape index (κ1) is 15.8. The van der Waals surface area contributed by atoms with Gasteiger partial charge in [0.05, 0.1) is 11.6 Å². The average Bonchev–Trinajstić information content (AvgIpc) is 2.47. The van der Waals surface area contributed by atoms with Gasteiger partial charge in [-0.3, -0.25) is 0 Å². The van der Waals surface area contributed by atoms with E-state index in [2.05, 4.69) is 10.6 Å². The average molecular weight is 300 g/mol. The lowest BCUT2D eigenvalue weighted by Crippen LogP contribution is -2.45. The van der Waals surface area contributed by atoms with Crippen LogP contribution in [0.3, 0.4) is 0 Å². The molecular formula is C17H20N2O3. The summed E-state index contributed by atoms with van der Waals surface area (Å²) in [6.45, 7) is 5.75. The normalized spacial score (nSPS) is 18.1. The van der Waals surface area contributed by atoms with Crippen LogP contribution in [0.2, 0.25) is 0 Å². The number of nitrogens with one attached hydrogen (secondary N) is 2. The van der Waals surface area contributed by atoms with E-state index in [0.29, 0.717) is 11.3 Å². The number of hydrogen-bond acceptors (Lipinski definition) is 3. The van der Waals surface area contributed by atoms with E-state index in [1.807, 2.05) is 44.2 Å². The van der Waals surface area contributed by atoms with Gasteiger partial charge in [-0.2, -0.15) is 0 Å². The number of hydrogen-bond donors (Lipinski definition) is 2. The Balaban J connectivity index is 2.32. The van der Waals surface area contributed by atoms with Crippen molar-refractivity contribution < 1.29 is 14.3 Å². The fraction of sp³-hybridized carbons (Fsp3) is 0.294. The standard InChI is InChI=1S/C17H20N2O3/c1-4-5-10-22-16(20)14-12(3)18-17(21)19-15(14)13-8-6-11(2)7-9-13/h4-9,15H,10H2,1-3H3,(H2,18,19,21)/b5-4+/t15-/m0/s1. The third-order valence-corrected chi connectivity index (χ3v) is 3.45. The summed E-state index contributed by atoms with van der Waals surface area (Å²) in [6.07, 6.45) is 3.57. The minimum absolute atomic E-state index is 0.209. The zero-order valence-corrected chi connectivity index (χ0v) is 13.0. The second kappa shape index (κ2) is 6.93. The summed E-state index contributed by atoms with van der Waals surface area (Å²) in [5, 5.41) is 5.40. The first-order valence-corrected chi connectivity index (χ1v) is 7.16. The third-order valence-electron chi connectivity index (χ3n) is 3.45. The Hall–Kier alpha value is -2.56. The molecule has 22 heavy (non-hydrogen) atoms. The Morgan fingerprint density at radius 2 is 1.95 bits per heavy atom. The maximum atomic E-state index is 12.3. The Kier molecular flexibility index (Phi) is 4.99. The van der Waals surface area contributed by atoms with Gasteiger partial charge in [-0.15, -0.1) is 0 Å². The number of benzene rings is 1. The fourth-order valence-electron chi connectivity index (χ4n) is 2.27. The lowest BCUT2D eigenvalue weighted by molar-refractivity contribution is -0.138. The molecule has 2 rings (SSSR count). The van der Waals surface area contributed by atoms with Gasteiger partial charge in [0.1, 0.15) is 6.61 Å². The van der Waals surface area contributed by atoms with E-state index in [0.717, 1.165) is 11.1 Å². The fourth-order valence-corrected chi connectivity index (χ4v) is 2.27. The molecule has 5 heteroatoms. The highest BCUT2D eigenvalue weighted by Gasteiger charge is 2.31. The van der Waals surface area contributed by atoms with E-state index >= 15 is 0 Å². The van der Waals surface area contributed by atoms with Crippen molar-refractivity contribution in [2.24, 2.45) is 0 Å². The molecule has 0 aliphatic carbocycles. The number of amides is 2. The van der Waals surface area contributed by atoms with Gasteiger partial charge in [0.2, 0.25) is 0 Å². The number of carbonyl (C=O) groups excluding carboxylic acids is 2. The summed E-state index contributed by atoms with van der Waals surface area (Å²) in [4.78, 5) is 24.1. The van der Waals surface area contributed by atoms with E-state index in [4.69, 9.17) is 4.74 Å². The number of carbonyl (C=O) groups is 2. The van der Waals surface area contributed by atoms with Crippen molar-refractivity contribution in [1.29, 1.82) is 0 Å². The second-order valence-corrected chi connectivity index (χ2v) is 5.15. The van der Waals surface area contributed by atoms with Crippen molar-refractivity contribution in [2.75, 3.05) is 6.61 Å². The van der Waals surface area contributed by atoms with E-state index in [1.165, 1.54) is 0 Å². The van der Waals surface area contributed by atoms with Gasteiger partial charge < -0.3 is 15.4 Å². The molecule has 1 aliphatic heterocycles. The maximum absolute atomic E-state index is 12.3. The molecule has 1 aromatic rings. The first-order valence-electron chi connectivity index (χ1n) is 7.16. The molecule has 0 saturated heterocycles. The van der Waals surface area contributed by atoms with Crippen LogP contribution < -0.4 is 10.6 Å². The molecule has 116 valence electrons. The monoisotopic (exact) mass is 300 g/mol. The van der Waals surface area contributed by atoms with Gasteiger partial charge in [-0.1, -0.05) is 42.0 Å². The summed E-state index contributed by atoms with van der Waals surface area (Å²) < 4.78 is 5.23. The number of aryl methyl sites for hydroxylation is 1. The van der Waals surface area contributed by atoms with Crippen LogP contribution in [-0.2, 0) is 9.53 Å². The van der Waals surface area contributed by atoms with Crippen LogP contribution in [-0.4, -0.2) is 18.6 Å². The van der Waals surface area contributed by atoms with Gasteiger partial charge in [-0.05, 0) is 26.3 Å². The van der Waals surface area contributed by atoms with Crippen LogP contribution in [0.5, 0.6) is 0 Å². The van der Waals surface area contributed by atoms with Crippen LogP contribution in [0.25, 0.3) is 0 Å². The van der Waals surface area contributed by atoms with Gasteiger partial charge in [-0.25, -0.2) is 9.59 Å². The van der Waals surface area contributed by atoms with E-state index in [1.54, 1.807) is 13.0 Å². The predicted molar refractivity (Wildman–Crippen MR) is 84.1 cm³/mol. The molecule has 2 N–H and O–H groups in total. The van der Waals surface area contributed by atoms with Gasteiger partial charge in [0.25, 0.3) is 0 Å². The topological polar surface area (TPSA) is 67.4 Å². The Labute approximate surface area is 130 Å². The van der Waals surface area contributed by atoms with E-state index in [9.17, 15) is 9.59 Å². The quantitative estimate of drug-likeness (QED) is 0.663. The SMILES string of the molecule is C/C=C/COC(=O)C1=C(C)NC(=O)N[C@H]1c1ccc(C)cc1. The summed E-state index contributed by atoms with van der Waals surface area (Å²) in [5.41, 5.74) is 2.90. The molecule has 2 amide bonds. The summed E-state index contributed by atoms with van der Waals surface area (Å²) in [5.74, 6) is -0.436. The highest BCUT2D eigenvalue weighted by molar-refractivity contribution is 5.95. The molecule has 0 radical (unpaired) electrons. The highest BCUT2D eigenvalue weighted by Crippen LogP contribution is 2.27. The Morgan fingerprint density at radius 1 is 1.27 bits per heavy atom. The summed E-state index contributed by atoms with van der Waals surface area (Å²) in [7, 11) is 0. The minimum atomic E-state index is -0.507. The lowest BCUT2D eigenvalue weighted by Gasteiger charge is -2.28. The summed E-state index contributed by atoms with van der Waals surface area (Å²) in [6, 6.07) is 6.86. The van der Waals surface area contributed by atoms with Crippen LogP contribution >= 0.6 is 0 Å². The molecule has 0 bridgehead atoms. The second-order valence-electron chi connectivity index (χ2n) is 5.15. The van der Waals surface area contributed by atoms with Crippen molar-refractivity contribution in [3.05, 3.63) is 58.8 Å². The Morgan fingerprint density at radius 3 is 2.59 bits per heavy atom. The van der Waals surface area contributed by atoms with E-state index < -0.39 is 12.0 Å². The molecule has 5 nitrogen and oxygen atoms in total. The number of urea groups is 1. The molecule has 0 spiro atoms. The van der Waals surface area contributed by atoms with Gasteiger partial charge in [0.15, 0.2) is 0 Å². The molecule has 0 saturated carbocycles. The van der Waals surface area contributed by atoms with Gasteiger partial charge >= 0.3 is 12.0 Å². The molecule has 0 aromatic heterocycles. The molecule has 0 unspecified atom stereocenters. The molecule has 1 aliphatic rings. The zero-order valence-electron chi connectivity index (χ0n) is 13.0. The number of rotatable bonds is 4. The molecule has 1 atom stereocenters. The number of esters is 1. The molecule has 1 heterocycles. The third kappa shape index (κ3) is 3.55. The van der Waals surface area contributed by atoms with Crippen LogP contribution in [0.1, 0.15) is 31.0 Å². The van der Waals surface area contributed by atoms with Crippen molar-refractivity contribution in [1.82, 2.24) is 10.6 Å².